The third kappa shape index (κ3) is 1.79. The van der Waals surface area contributed by atoms with Crippen LogP contribution in [-0.4, -0.2) is 12.5 Å². The summed E-state index contributed by atoms with van der Waals surface area (Å²) in [4.78, 5) is 9.99. The van der Waals surface area contributed by atoms with E-state index in [1.807, 2.05) is 0 Å². The highest BCUT2D eigenvalue weighted by molar-refractivity contribution is 5.56. The molecule has 2 heteroatoms. The van der Waals surface area contributed by atoms with Gasteiger partial charge in [0.1, 0.15) is 12.5 Å². The number of hydrogen-bond acceptors (Lipinski definition) is 1. The Balaban J connectivity index is 2.49. The van der Waals surface area contributed by atoms with Gasteiger partial charge in [0, 0.05) is 12.8 Å². The van der Waals surface area contributed by atoms with Crippen molar-refractivity contribution in [3.8, 4) is 0 Å². The minimum Gasteiger partial charge on any atom is -0.303 e. The molecule has 1 aliphatic rings. The van der Waals surface area contributed by atoms with E-state index in [1.165, 1.54) is 6.08 Å². The van der Waals surface area contributed by atoms with E-state index in [1.54, 1.807) is 12.2 Å². The molecule has 0 fully saturated rings. The molecular formula is C8H9FO. The number of alkyl halides is 1. The summed E-state index contributed by atoms with van der Waals surface area (Å²) in [6.07, 6.45) is 5.72. The van der Waals surface area contributed by atoms with E-state index < -0.39 is 6.17 Å². The summed E-state index contributed by atoms with van der Waals surface area (Å²) in [6, 6.07) is 0. The van der Waals surface area contributed by atoms with Gasteiger partial charge >= 0.3 is 0 Å². The number of carbonyl (C=O) groups is 1. The summed E-state index contributed by atoms with van der Waals surface area (Å²) < 4.78 is 12.4. The molecule has 0 N–H and O–H groups in total. The lowest BCUT2D eigenvalue weighted by Crippen LogP contribution is -1.98. The third-order valence-electron chi connectivity index (χ3n) is 1.44. The molecule has 1 atom stereocenters. The van der Waals surface area contributed by atoms with Crippen molar-refractivity contribution >= 4 is 6.29 Å². The summed E-state index contributed by atoms with van der Waals surface area (Å²) in [5, 5.41) is 0. The van der Waals surface area contributed by atoms with Crippen LogP contribution in [0.15, 0.2) is 23.8 Å². The first-order valence-electron chi connectivity index (χ1n) is 3.28. The lowest BCUT2D eigenvalue weighted by Gasteiger charge is -2.05. The number of hydrogen-bond donors (Lipinski definition) is 0. The van der Waals surface area contributed by atoms with Crippen molar-refractivity contribution in [2.75, 3.05) is 0 Å². The van der Waals surface area contributed by atoms with E-state index in [2.05, 4.69) is 0 Å². The number of rotatable bonds is 2. The van der Waals surface area contributed by atoms with E-state index in [9.17, 15) is 9.18 Å². The van der Waals surface area contributed by atoms with Gasteiger partial charge in [0.15, 0.2) is 0 Å². The molecule has 1 unspecified atom stereocenters. The van der Waals surface area contributed by atoms with Gasteiger partial charge in [-0.1, -0.05) is 18.2 Å². The lowest BCUT2D eigenvalue weighted by atomic mass is 10.0. The number of aldehydes is 1. The quantitative estimate of drug-likeness (QED) is 0.534. The largest absolute Gasteiger partial charge is 0.303 e. The average Bonchev–Trinajstić information content (AvgIpc) is 1.95. The smallest absolute Gasteiger partial charge is 0.124 e. The molecule has 0 aromatic rings. The molecule has 0 amide bonds. The fraction of sp³-hybridized carbons (Fsp3) is 0.375. The lowest BCUT2D eigenvalue weighted by molar-refractivity contribution is -0.107. The third-order valence-corrected chi connectivity index (χ3v) is 1.44. The molecule has 0 aromatic heterocycles. The van der Waals surface area contributed by atoms with Gasteiger partial charge in [-0.3, -0.25) is 0 Å². The predicted molar refractivity (Wildman–Crippen MR) is 37.4 cm³/mol. The Labute approximate surface area is 59.2 Å². The monoisotopic (exact) mass is 140 g/mol. The van der Waals surface area contributed by atoms with Gasteiger partial charge < -0.3 is 4.79 Å². The van der Waals surface area contributed by atoms with Crippen LogP contribution in [0, 0.1) is 0 Å². The maximum absolute atomic E-state index is 12.4. The van der Waals surface area contributed by atoms with Gasteiger partial charge in [-0.25, -0.2) is 4.39 Å². The van der Waals surface area contributed by atoms with Crippen LogP contribution in [-0.2, 0) is 4.79 Å². The zero-order valence-electron chi connectivity index (χ0n) is 5.59. The summed E-state index contributed by atoms with van der Waals surface area (Å²) in [5.41, 5.74) is 0.920. The zero-order valence-corrected chi connectivity index (χ0v) is 5.59. The maximum Gasteiger partial charge on any atom is 0.124 e. The molecule has 1 nitrogen and oxygen atoms in total. The van der Waals surface area contributed by atoms with Gasteiger partial charge in [0.25, 0.3) is 0 Å². The van der Waals surface area contributed by atoms with Gasteiger partial charge in [0.2, 0.25) is 0 Å². The molecule has 54 valence electrons. The minimum absolute atomic E-state index is 0.406. The van der Waals surface area contributed by atoms with E-state index in [0.29, 0.717) is 12.8 Å². The second-order valence-electron chi connectivity index (χ2n) is 2.26. The summed E-state index contributed by atoms with van der Waals surface area (Å²) in [6.45, 7) is 0. The Morgan fingerprint density at radius 1 is 1.80 bits per heavy atom. The van der Waals surface area contributed by atoms with Gasteiger partial charge in [-0.15, -0.1) is 0 Å². The molecule has 0 radical (unpaired) electrons. The van der Waals surface area contributed by atoms with Gasteiger partial charge in [-0.05, 0) is 5.57 Å². The Morgan fingerprint density at radius 3 is 3.10 bits per heavy atom. The second-order valence-corrected chi connectivity index (χ2v) is 2.26. The Bertz CT molecular complexity index is 182. The number of allylic oxidation sites excluding steroid dienone is 4. The Hall–Kier alpha value is -0.920. The molecule has 0 aliphatic heterocycles. The van der Waals surface area contributed by atoms with Crippen LogP contribution >= 0.6 is 0 Å². The van der Waals surface area contributed by atoms with Crippen LogP contribution < -0.4 is 0 Å². The number of carbonyl (C=O) groups excluding carboxylic acids is 1. The zero-order chi connectivity index (χ0) is 7.40. The van der Waals surface area contributed by atoms with Crippen LogP contribution in [0.4, 0.5) is 4.39 Å². The van der Waals surface area contributed by atoms with Crippen molar-refractivity contribution in [3.05, 3.63) is 23.8 Å². The molecular weight excluding hydrogens is 131 g/mol. The van der Waals surface area contributed by atoms with E-state index >= 15 is 0 Å². The highest BCUT2D eigenvalue weighted by Gasteiger charge is 2.04. The average molecular weight is 140 g/mol. The fourth-order valence-electron chi connectivity index (χ4n) is 0.886. The van der Waals surface area contributed by atoms with Gasteiger partial charge in [-0.2, -0.15) is 0 Å². The summed E-state index contributed by atoms with van der Waals surface area (Å²) >= 11 is 0. The van der Waals surface area contributed by atoms with Crippen molar-refractivity contribution < 1.29 is 9.18 Å². The molecule has 10 heavy (non-hydrogen) atoms. The maximum atomic E-state index is 12.4. The molecule has 0 heterocycles. The molecule has 0 spiro atoms. The molecule has 1 rings (SSSR count). The number of halogens is 1. The molecule has 1 aliphatic carbocycles. The van der Waals surface area contributed by atoms with E-state index in [0.717, 1.165) is 11.9 Å². The standard InChI is InChI=1S/C8H9FO/c9-8-3-1-7(2-4-8)5-6-10/h1-3,6,8H,4-5H2. The van der Waals surface area contributed by atoms with Crippen LogP contribution in [0.25, 0.3) is 0 Å². The Morgan fingerprint density at radius 2 is 2.60 bits per heavy atom. The van der Waals surface area contributed by atoms with Crippen LogP contribution in [0.3, 0.4) is 0 Å². The highest BCUT2D eigenvalue weighted by atomic mass is 19.1. The molecule has 0 saturated heterocycles. The van der Waals surface area contributed by atoms with E-state index in [4.69, 9.17) is 0 Å². The molecule has 0 aromatic carbocycles. The minimum atomic E-state index is -0.851. The van der Waals surface area contributed by atoms with Crippen LogP contribution in [0.2, 0.25) is 0 Å². The predicted octanol–water partition coefficient (Wildman–Crippen LogP) is 1.80. The Kier molecular flexibility index (Phi) is 2.37. The fourth-order valence-corrected chi connectivity index (χ4v) is 0.886. The highest BCUT2D eigenvalue weighted by Crippen LogP contribution is 2.14. The topological polar surface area (TPSA) is 17.1 Å². The normalized spacial score (nSPS) is 24.1. The van der Waals surface area contributed by atoms with Crippen molar-refractivity contribution in [2.24, 2.45) is 0 Å². The second kappa shape index (κ2) is 3.30. The summed E-state index contributed by atoms with van der Waals surface area (Å²) in [5.74, 6) is 0. The first kappa shape index (κ1) is 7.19. The van der Waals surface area contributed by atoms with Crippen LogP contribution in [0.5, 0.6) is 0 Å². The SMILES string of the molecule is O=CCC1=CCC(F)C=C1. The van der Waals surface area contributed by atoms with Crippen molar-refractivity contribution in [3.63, 3.8) is 0 Å². The van der Waals surface area contributed by atoms with Crippen molar-refractivity contribution in [1.29, 1.82) is 0 Å². The van der Waals surface area contributed by atoms with Crippen molar-refractivity contribution in [1.82, 2.24) is 0 Å². The van der Waals surface area contributed by atoms with Gasteiger partial charge in [0.05, 0.1) is 0 Å². The summed E-state index contributed by atoms with van der Waals surface area (Å²) in [7, 11) is 0. The van der Waals surface area contributed by atoms with E-state index in [-0.39, 0.29) is 0 Å². The first-order valence-corrected chi connectivity index (χ1v) is 3.28. The van der Waals surface area contributed by atoms with Crippen molar-refractivity contribution in [2.45, 2.75) is 19.0 Å². The van der Waals surface area contributed by atoms with Crippen LogP contribution in [0.1, 0.15) is 12.8 Å². The first-order chi connectivity index (χ1) is 4.83. The molecule has 0 saturated carbocycles. The molecule has 0 bridgehead atoms.